The lowest BCUT2D eigenvalue weighted by Crippen LogP contribution is -2.54. The molecular formula is C14H25Cl2N3OS. The Morgan fingerprint density at radius 1 is 1.29 bits per heavy atom. The van der Waals surface area contributed by atoms with Crippen molar-refractivity contribution in [1.82, 2.24) is 9.80 Å². The van der Waals surface area contributed by atoms with Crippen LogP contribution in [0.3, 0.4) is 0 Å². The van der Waals surface area contributed by atoms with Crippen molar-refractivity contribution in [2.45, 2.75) is 26.4 Å². The second-order valence-corrected chi connectivity index (χ2v) is 6.48. The van der Waals surface area contributed by atoms with Crippen molar-refractivity contribution in [3.63, 3.8) is 0 Å². The zero-order valence-corrected chi connectivity index (χ0v) is 15.0. The van der Waals surface area contributed by atoms with Gasteiger partial charge in [0.05, 0.1) is 6.04 Å². The van der Waals surface area contributed by atoms with Gasteiger partial charge in [0.2, 0.25) is 5.91 Å². The summed E-state index contributed by atoms with van der Waals surface area (Å²) in [6, 6.07) is 3.89. The van der Waals surface area contributed by atoms with Gasteiger partial charge in [0, 0.05) is 37.6 Å². The smallest absolute Gasteiger partial charge is 0.239 e. The maximum absolute atomic E-state index is 12.1. The highest BCUT2D eigenvalue weighted by Crippen LogP contribution is 2.14. The minimum Gasteiger partial charge on any atom is -0.339 e. The van der Waals surface area contributed by atoms with Gasteiger partial charge in [-0.2, -0.15) is 0 Å². The van der Waals surface area contributed by atoms with Gasteiger partial charge in [-0.25, -0.2) is 0 Å². The van der Waals surface area contributed by atoms with Crippen molar-refractivity contribution >= 4 is 42.1 Å². The number of nitrogens with two attached hydrogens (primary N) is 1. The largest absolute Gasteiger partial charge is 0.339 e. The van der Waals surface area contributed by atoms with E-state index in [1.165, 1.54) is 4.88 Å². The first-order valence-electron chi connectivity index (χ1n) is 6.87. The fraction of sp³-hybridized carbons (Fsp3) is 0.643. The lowest BCUT2D eigenvalue weighted by molar-refractivity contribution is -0.135. The van der Waals surface area contributed by atoms with E-state index in [2.05, 4.69) is 22.4 Å². The highest BCUT2D eigenvalue weighted by Gasteiger charge is 2.26. The summed E-state index contributed by atoms with van der Waals surface area (Å²) in [5.74, 6) is 0.308. The molecule has 0 radical (unpaired) electrons. The van der Waals surface area contributed by atoms with Gasteiger partial charge in [-0.1, -0.05) is 19.9 Å². The minimum atomic E-state index is -0.358. The van der Waals surface area contributed by atoms with Gasteiger partial charge in [0.1, 0.15) is 0 Å². The van der Waals surface area contributed by atoms with Crippen molar-refractivity contribution in [3.05, 3.63) is 22.4 Å². The summed E-state index contributed by atoms with van der Waals surface area (Å²) in [5.41, 5.74) is 5.93. The highest BCUT2D eigenvalue weighted by molar-refractivity contribution is 7.09. The van der Waals surface area contributed by atoms with Crippen LogP contribution < -0.4 is 5.73 Å². The van der Waals surface area contributed by atoms with Gasteiger partial charge in [-0.05, 0) is 17.4 Å². The Kier molecular flexibility index (Phi) is 9.49. The van der Waals surface area contributed by atoms with E-state index in [9.17, 15) is 4.79 Å². The predicted molar refractivity (Wildman–Crippen MR) is 93.5 cm³/mol. The fourth-order valence-corrected chi connectivity index (χ4v) is 2.99. The second-order valence-electron chi connectivity index (χ2n) is 5.45. The molecule has 1 aliphatic heterocycles. The molecule has 0 bridgehead atoms. The topological polar surface area (TPSA) is 49.6 Å². The van der Waals surface area contributed by atoms with Crippen LogP contribution in [0, 0.1) is 5.92 Å². The second kappa shape index (κ2) is 9.64. The molecule has 2 heterocycles. The van der Waals surface area contributed by atoms with E-state index in [1.807, 2.05) is 18.7 Å². The molecule has 0 spiro atoms. The van der Waals surface area contributed by atoms with E-state index in [-0.39, 0.29) is 42.7 Å². The van der Waals surface area contributed by atoms with E-state index in [0.29, 0.717) is 0 Å². The summed E-state index contributed by atoms with van der Waals surface area (Å²) in [7, 11) is 0. The molecule has 0 aliphatic carbocycles. The minimum absolute atomic E-state index is 0. The Bertz CT molecular complexity index is 406. The van der Waals surface area contributed by atoms with Crippen LogP contribution in [0.2, 0.25) is 0 Å². The van der Waals surface area contributed by atoms with Gasteiger partial charge in [0.15, 0.2) is 0 Å². The van der Waals surface area contributed by atoms with Gasteiger partial charge >= 0.3 is 0 Å². The van der Waals surface area contributed by atoms with Crippen LogP contribution in [-0.4, -0.2) is 47.9 Å². The molecule has 0 saturated carbocycles. The molecule has 1 amide bonds. The van der Waals surface area contributed by atoms with Crippen molar-refractivity contribution in [3.8, 4) is 0 Å². The highest BCUT2D eigenvalue weighted by atomic mass is 35.5. The number of thiophene rings is 1. The lowest BCUT2D eigenvalue weighted by atomic mass is 10.0. The number of nitrogens with zero attached hydrogens (tertiary/aromatic N) is 2. The van der Waals surface area contributed by atoms with E-state index < -0.39 is 0 Å². The van der Waals surface area contributed by atoms with Crippen LogP contribution in [-0.2, 0) is 11.3 Å². The number of amides is 1. The Labute approximate surface area is 143 Å². The summed E-state index contributed by atoms with van der Waals surface area (Å²) in [5, 5.41) is 2.11. The Balaban J connectivity index is 0.00000200. The van der Waals surface area contributed by atoms with Crippen LogP contribution >= 0.6 is 36.2 Å². The van der Waals surface area contributed by atoms with E-state index >= 15 is 0 Å². The Morgan fingerprint density at radius 3 is 2.38 bits per heavy atom. The SMILES string of the molecule is CC(C)[C@@H](N)C(=O)N1CCN(Cc2cccs2)CC1.Cl.Cl. The zero-order chi connectivity index (χ0) is 13.8. The first-order chi connectivity index (χ1) is 9.08. The molecule has 0 unspecified atom stereocenters. The van der Waals surface area contributed by atoms with E-state index in [0.717, 1.165) is 32.7 Å². The molecular weight excluding hydrogens is 329 g/mol. The number of rotatable bonds is 4. The van der Waals surface area contributed by atoms with Crippen LogP contribution in [0.25, 0.3) is 0 Å². The average Bonchev–Trinajstić information content (AvgIpc) is 2.90. The van der Waals surface area contributed by atoms with Gasteiger partial charge in [0.25, 0.3) is 0 Å². The number of piperazine rings is 1. The molecule has 1 aliphatic rings. The third-order valence-corrected chi connectivity index (χ3v) is 4.51. The molecule has 1 atom stereocenters. The average molecular weight is 354 g/mol. The van der Waals surface area contributed by atoms with E-state index in [1.54, 1.807) is 11.3 Å². The first kappa shape index (κ1) is 20.7. The summed E-state index contributed by atoms with van der Waals surface area (Å²) < 4.78 is 0. The standard InChI is InChI=1S/C14H23N3OS.2ClH/c1-11(2)13(15)14(18)17-7-5-16(6-8-17)10-12-4-3-9-19-12;;/h3-4,9,11,13H,5-8,10,15H2,1-2H3;2*1H/t13-;;/m1../s1. The normalized spacial score (nSPS) is 17.0. The van der Waals surface area contributed by atoms with E-state index in [4.69, 9.17) is 5.73 Å². The summed E-state index contributed by atoms with van der Waals surface area (Å²) in [4.78, 5) is 17.8. The van der Waals surface area contributed by atoms with Crippen LogP contribution in [0.15, 0.2) is 17.5 Å². The maximum Gasteiger partial charge on any atom is 0.239 e. The quantitative estimate of drug-likeness (QED) is 0.902. The number of hydrogen-bond donors (Lipinski definition) is 1. The molecule has 21 heavy (non-hydrogen) atoms. The molecule has 4 nitrogen and oxygen atoms in total. The molecule has 7 heteroatoms. The van der Waals surface area contributed by atoms with Crippen LogP contribution in [0.5, 0.6) is 0 Å². The van der Waals surface area contributed by atoms with Crippen LogP contribution in [0.1, 0.15) is 18.7 Å². The molecule has 122 valence electrons. The molecule has 1 aromatic rings. The number of carbonyl (C=O) groups is 1. The van der Waals surface area contributed by atoms with Crippen molar-refractivity contribution < 1.29 is 4.79 Å². The number of carbonyl (C=O) groups excluding carboxylic acids is 1. The first-order valence-corrected chi connectivity index (χ1v) is 7.75. The Morgan fingerprint density at radius 2 is 1.90 bits per heavy atom. The van der Waals surface area contributed by atoms with Gasteiger partial charge in [-0.3, -0.25) is 9.69 Å². The number of hydrogen-bond acceptors (Lipinski definition) is 4. The predicted octanol–water partition coefficient (Wildman–Crippen LogP) is 2.22. The molecule has 2 N–H and O–H groups in total. The lowest BCUT2D eigenvalue weighted by Gasteiger charge is -2.36. The van der Waals surface area contributed by atoms with Gasteiger partial charge in [-0.15, -0.1) is 36.2 Å². The number of halogens is 2. The Hall–Kier alpha value is -0.330. The molecule has 1 fully saturated rings. The monoisotopic (exact) mass is 353 g/mol. The summed E-state index contributed by atoms with van der Waals surface area (Å²) >= 11 is 1.79. The molecule has 1 aromatic heterocycles. The molecule has 0 aromatic carbocycles. The molecule has 2 rings (SSSR count). The fourth-order valence-electron chi connectivity index (χ4n) is 2.25. The molecule has 1 saturated heterocycles. The maximum atomic E-state index is 12.1. The third-order valence-electron chi connectivity index (χ3n) is 3.65. The van der Waals surface area contributed by atoms with Crippen molar-refractivity contribution in [2.75, 3.05) is 26.2 Å². The third kappa shape index (κ3) is 5.75. The van der Waals surface area contributed by atoms with Gasteiger partial charge < -0.3 is 10.6 Å². The van der Waals surface area contributed by atoms with Crippen LogP contribution in [0.4, 0.5) is 0 Å². The van der Waals surface area contributed by atoms with Crippen molar-refractivity contribution in [2.24, 2.45) is 11.7 Å². The summed E-state index contributed by atoms with van der Waals surface area (Å²) in [6.07, 6.45) is 0. The summed E-state index contributed by atoms with van der Waals surface area (Å²) in [6.45, 7) is 8.46. The zero-order valence-electron chi connectivity index (χ0n) is 12.5. The van der Waals surface area contributed by atoms with Crippen molar-refractivity contribution in [1.29, 1.82) is 0 Å².